The summed E-state index contributed by atoms with van der Waals surface area (Å²) in [4.78, 5) is 0. The molecule has 0 bridgehead atoms. The number of aliphatic hydroxyl groups is 1. The quantitative estimate of drug-likeness (QED) is 0.766. The lowest BCUT2D eigenvalue weighted by molar-refractivity contribution is 0.105. The molecule has 0 radical (unpaired) electrons. The molecule has 4 rings (SSSR count). The Morgan fingerprint density at radius 3 is 1.77 bits per heavy atom. The fourth-order valence-electron chi connectivity index (χ4n) is 3.47. The lowest BCUT2D eigenvalue weighted by Gasteiger charge is -2.38. The third-order valence-corrected chi connectivity index (χ3v) is 4.62. The van der Waals surface area contributed by atoms with Crippen molar-refractivity contribution in [1.29, 1.82) is 0 Å². The molecule has 1 heterocycles. The predicted octanol–water partition coefficient (Wildman–Crippen LogP) is 4.23. The number of benzene rings is 3. The van der Waals surface area contributed by atoms with Gasteiger partial charge in [0.1, 0.15) is 28.8 Å². The molecule has 0 unspecified atom stereocenters. The first-order valence-electron chi connectivity index (χ1n) is 8.10. The standard InChI is InChI=1S/C21H17FO4/c1-24-15-5-3-7-17-19(15)21(23,13-9-11-14(22)12-10-13)20-16(25-2)6-4-8-18(20)26-17/h3-12,23H,1-2H3. The summed E-state index contributed by atoms with van der Waals surface area (Å²) < 4.78 is 30.5. The van der Waals surface area contributed by atoms with Gasteiger partial charge in [-0.25, -0.2) is 4.39 Å². The van der Waals surface area contributed by atoms with E-state index in [0.717, 1.165) is 0 Å². The summed E-state index contributed by atoms with van der Waals surface area (Å²) in [5.41, 5.74) is -0.244. The number of hydrogen-bond donors (Lipinski definition) is 1. The third-order valence-electron chi connectivity index (χ3n) is 4.62. The van der Waals surface area contributed by atoms with Gasteiger partial charge in [0.25, 0.3) is 0 Å². The molecule has 1 aliphatic heterocycles. The molecule has 0 amide bonds. The van der Waals surface area contributed by atoms with E-state index in [0.29, 0.717) is 39.7 Å². The van der Waals surface area contributed by atoms with Crippen LogP contribution < -0.4 is 14.2 Å². The summed E-state index contributed by atoms with van der Waals surface area (Å²) in [6, 6.07) is 16.3. The van der Waals surface area contributed by atoms with Crippen molar-refractivity contribution in [3.05, 3.63) is 83.2 Å². The van der Waals surface area contributed by atoms with Crippen molar-refractivity contribution >= 4 is 0 Å². The van der Waals surface area contributed by atoms with E-state index in [-0.39, 0.29) is 5.82 Å². The number of fused-ring (bicyclic) bond motifs is 2. The van der Waals surface area contributed by atoms with Gasteiger partial charge in [-0.15, -0.1) is 0 Å². The van der Waals surface area contributed by atoms with Crippen LogP contribution >= 0.6 is 0 Å². The Kier molecular flexibility index (Phi) is 3.81. The third kappa shape index (κ3) is 2.24. The molecule has 1 aliphatic rings. The van der Waals surface area contributed by atoms with Crippen molar-refractivity contribution < 1.29 is 23.7 Å². The number of hydrogen-bond acceptors (Lipinski definition) is 4. The van der Waals surface area contributed by atoms with E-state index < -0.39 is 5.60 Å². The number of ether oxygens (including phenoxy) is 3. The Labute approximate surface area is 150 Å². The highest BCUT2D eigenvalue weighted by molar-refractivity contribution is 5.68. The van der Waals surface area contributed by atoms with Gasteiger partial charge in [-0.3, -0.25) is 0 Å². The maximum Gasteiger partial charge on any atom is 0.154 e. The van der Waals surface area contributed by atoms with E-state index in [1.807, 2.05) is 0 Å². The molecule has 4 nitrogen and oxygen atoms in total. The smallest absolute Gasteiger partial charge is 0.154 e. The Balaban J connectivity index is 2.11. The van der Waals surface area contributed by atoms with Crippen LogP contribution in [-0.2, 0) is 5.60 Å². The van der Waals surface area contributed by atoms with Crippen molar-refractivity contribution in [3.8, 4) is 23.0 Å². The number of halogens is 1. The summed E-state index contributed by atoms with van der Waals surface area (Å²) in [6.07, 6.45) is 0. The van der Waals surface area contributed by atoms with Crippen molar-refractivity contribution in [1.82, 2.24) is 0 Å². The molecule has 0 aromatic heterocycles. The largest absolute Gasteiger partial charge is 0.496 e. The van der Waals surface area contributed by atoms with Gasteiger partial charge in [0.05, 0.1) is 25.3 Å². The van der Waals surface area contributed by atoms with Crippen molar-refractivity contribution in [2.45, 2.75) is 5.60 Å². The molecule has 26 heavy (non-hydrogen) atoms. The van der Waals surface area contributed by atoms with Gasteiger partial charge in [0.15, 0.2) is 5.60 Å². The second-order valence-corrected chi connectivity index (χ2v) is 5.99. The minimum atomic E-state index is -1.63. The van der Waals surface area contributed by atoms with E-state index in [2.05, 4.69) is 0 Å². The van der Waals surface area contributed by atoms with Crippen LogP contribution in [0.3, 0.4) is 0 Å². The molecule has 1 N–H and O–H groups in total. The van der Waals surface area contributed by atoms with Gasteiger partial charge in [-0.2, -0.15) is 0 Å². The molecule has 0 fully saturated rings. The Morgan fingerprint density at radius 2 is 1.31 bits per heavy atom. The topological polar surface area (TPSA) is 47.9 Å². The zero-order chi connectivity index (χ0) is 18.3. The minimum absolute atomic E-state index is 0.384. The van der Waals surface area contributed by atoms with Crippen LogP contribution in [0.5, 0.6) is 23.0 Å². The molecule has 5 heteroatoms. The summed E-state index contributed by atoms with van der Waals surface area (Å²) in [5, 5.41) is 12.0. The van der Waals surface area contributed by atoms with Gasteiger partial charge in [0, 0.05) is 0 Å². The highest BCUT2D eigenvalue weighted by Crippen LogP contribution is 2.55. The van der Waals surface area contributed by atoms with Crippen LogP contribution in [0.15, 0.2) is 60.7 Å². The van der Waals surface area contributed by atoms with Gasteiger partial charge in [-0.05, 0) is 42.0 Å². The van der Waals surface area contributed by atoms with Crippen LogP contribution in [0, 0.1) is 5.82 Å². The molecular weight excluding hydrogens is 335 g/mol. The molecule has 3 aromatic carbocycles. The van der Waals surface area contributed by atoms with E-state index in [9.17, 15) is 9.50 Å². The van der Waals surface area contributed by atoms with Crippen molar-refractivity contribution in [2.24, 2.45) is 0 Å². The predicted molar refractivity (Wildman–Crippen MR) is 94.6 cm³/mol. The van der Waals surface area contributed by atoms with E-state index >= 15 is 0 Å². The fraction of sp³-hybridized carbons (Fsp3) is 0.143. The molecule has 0 atom stereocenters. The average molecular weight is 352 g/mol. The van der Waals surface area contributed by atoms with Crippen molar-refractivity contribution in [3.63, 3.8) is 0 Å². The highest BCUT2D eigenvalue weighted by Gasteiger charge is 2.46. The Hall–Kier alpha value is -3.05. The summed E-state index contributed by atoms with van der Waals surface area (Å²) >= 11 is 0. The lowest BCUT2D eigenvalue weighted by atomic mass is 9.77. The zero-order valence-corrected chi connectivity index (χ0v) is 14.3. The summed E-state index contributed by atoms with van der Waals surface area (Å²) in [6.45, 7) is 0. The van der Waals surface area contributed by atoms with E-state index in [4.69, 9.17) is 14.2 Å². The number of rotatable bonds is 3. The molecule has 0 aliphatic carbocycles. The van der Waals surface area contributed by atoms with Gasteiger partial charge >= 0.3 is 0 Å². The molecule has 0 saturated heterocycles. The Bertz CT molecular complexity index is 913. The average Bonchev–Trinajstić information content (AvgIpc) is 2.67. The number of methoxy groups -OCH3 is 2. The second kappa shape index (κ2) is 6.04. The van der Waals surface area contributed by atoms with Crippen LogP contribution in [0.4, 0.5) is 4.39 Å². The molecule has 0 saturated carbocycles. The molecular formula is C21H17FO4. The van der Waals surface area contributed by atoms with Crippen LogP contribution in [-0.4, -0.2) is 19.3 Å². The van der Waals surface area contributed by atoms with Crippen molar-refractivity contribution in [2.75, 3.05) is 14.2 Å². The van der Waals surface area contributed by atoms with Crippen LogP contribution in [0.25, 0.3) is 0 Å². The van der Waals surface area contributed by atoms with Gasteiger partial charge < -0.3 is 19.3 Å². The zero-order valence-electron chi connectivity index (χ0n) is 14.3. The van der Waals surface area contributed by atoms with Crippen LogP contribution in [0.2, 0.25) is 0 Å². The van der Waals surface area contributed by atoms with E-state index in [1.54, 1.807) is 48.5 Å². The first-order chi connectivity index (χ1) is 12.6. The molecule has 0 spiro atoms. The van der Waals surface area contributed by atoms with Gasteiger partial charge in [0.2, 0.25) is 0 Å². The molecule has 3 aromatic rings. The lowest BCUT2D eigenvalue weighted by Crippen LogP contribution is -2.33. The summed E-state index contributed by atoms with van der Waals surface area (Å²) in [5.74, 6) is 1.48. The first kappa shape index (κ1) is 16.4. The SMILES string of the molecule is COc1cccc2c1C(O)(c1ccc(F)cc1)c1c(OC)cccc1O2. The Morgan fingerprint density at radius 1 is 0.808 bits per heavy atom. The summed E-state index contributed by atoms with van der Waals surface area (Å²) in [7, 11) is 3.05. The minimum Gasteiger partial charge on any atom is -0.496 e. The maximum atomic E-state index is 13.5. The van der Waals surface area contributed by atoms with Crippen LogP contribution in [0.1, 0.15) is 16.7 Å². The normalized spacial score (nSPS) is 14.0. The fourth-order valence-corrected chi connectivity index (χ4v) is 3.47. The monoisotopic (exact) mass is 352 g/mol. The van der Waals surface area contributed by atoms with Gasteiger partial charge in [-0.1, -0.05) is 24.3 Å². The first-order valence-corrected chi connectivity index (χ1v) is 8.10. The second-order valence-electron chi connectivity index (χ2n) is 5.99. The van der Waals surface area contributed by atoms with E-state index in [1.165, 1.54) is 26.4 Å². The molecule has 132 valence electrons. The highest BCUT2D eigenvalue weighted by atomic mass is 19.1. The maximum absolute atomic E-state index is 13.5.